The Morgan fingerprint density at radius 3 is 2.79 bits per heavy atom. The van der Waals surface area contributed by atoms with Gasteiger partial charge in [-0.3, -0.25) is 0 Å². The Balaban J connectivity index is 3.17. The highest BCUT2D eigenvalue weighted by Crippen LogP contribution is 2.27. The predicted molar refractivity (Wildman–Crippen MR) is 75.0 cm³/mol. The maximum atomic E-state index is 12.3. The van der Waals surface area contributed by atoms with Crippen molar-refractivity contribution in [2.45, 2.75) is 31.2 Å². The second kappa shape index (κ2) is 6.31. The average Bonchev–Trinajstić information content (AvgIpc) is 2.70. The minimum Gasteiger partial charge on any atom is -0.465 e. The number of carbonyl (C=O) groups is 1. The first-order valence-electron chi connectivity index (χ1n) is 5.63. The van der Waals surface area contributed by atoms with E-state index in [1.54, 1.807) is 25.3 Å². The highest BCUT2D eigenvalue weighted by atomic mass is 32.2. The largest absolute Gasteiger partial charge is 0.465 e. The number of carbonyl (C=O) groups excluding carboxylic acids is 1. The Morgan fingerprint density at radius 1 is 1.63 bits per heavy atom. The summed E-state index contributed by atoms with van der Waals surface area (Å²) in [5.41, 5.74) is 0.531. The number of hydrogen-bond donors (Lipinski definition) is 1. The van der Waals surface area contributed by atoms with E-state index >= 15 is 0 Å². The van der Waals surface area contributed by atoms with Crippen molar-refractivity contribution in [3.8, 4) is 0 Å². The van der Waals surface area contributed by atoms with Crippen molar-refractivity contribution in [2.75, 3.05) is 7.11 Å². The number of esters is 1. The van der Waals surface area contributed by atoms with Crippen molar-refractivity contribution in [1.82, 2.24) is 4.72 Å². The average molecular weight is 303 g/mol. The van der Waals surface area contributed by atoms with E-state index in [2.05, 4.69) is 16.0 Å². The summed E-state index contributed by atoms with van der Waals surface area (Å²) in [6, 6.07) is -0.285. The van der Waals surface area contributed by atoms with Gasteiger partial charge in [0.05, 0.1) is 7.11 Å². The molecule has 1 N–H and O–H groups in total. The third-order valence-electron chi connectivity index (χ3n) is 2.43. The molecule has 0 aliphatic heterocycles. The molecule has 1 unspecified atom stereocenters. The lowest BCUT2D eigenvalue weighted by atomic mass is 10.3. The summed E-state index contributed by atoms with van der Waals surface area (Å²) in [6.07, 6.45) is 2.14. The fourth-order valence-corrected chi connectivity index (χ4v) is 4.58. The molecule has 0 radical (unpaired) electrons. The standard InChI is InChI=1S/C12H17NO4S2/c1-5-6-9(3)13-19(15,16)11-8(2)7-18-10(11)12(14)17-4/h5,7,9,13H,1,6H2,2-4H3. The van der Waals surface area contributed by atoms with E-state index in [0.29, 0.717) is 12.0 Å². The van der Waals surface area contributed by atoms with Crippen LogP contribution in [0.1, 0.15) is 28.6 Å². The smallest absolute Gasteiger partial charge is 0.349 e. The molecule has 0 spiro atoms. The summed E-state index contributed by atoms with van der Waals surface area (Å²) in [5, 5.41) is 1.62. The van der Waals surface area contributed by atoms with Crippen molar-refractivity contribution in [3.63, 3.8) is 0 Å². The summed E-state index contributed by atoms with van der Waals surface area (Å²) in [5.74, 6) is -0.644. The molecule has 7 heteroatoms. The molecule has 0 aromatic carbocycles. The van der Waals surface area contributed by atoms with Crippen LogP contribution in [0.4, 0.5) is 0 Å². The number of hydrogen-bond acceptors (Lipinski definition) is 5. The van der Waals surface area contributed by atoms with Crippen LogP contribution in [0.25, 0.3) is 0 Å². The highest BCUT2D eigenvalue weighted by molar-refractivity contribution is 7.89. The molecule has 0 fully saturated rings. The Hall–Kier alpha value is -1.18. The molecule has 0 saturated carbocycles. The second-order valence-corrected chi connectivity index (χ2v) is 6.65. The minimum atomic E-state index is -3.74. The monoisotopic (exact) mass is 303 g/mol. The van der Waals surface area contributed by atoms with E-state index in [9.17, 15) is 13.2 Å². The van der Waals surface area contributed by atoms with Gasteiger partial charge in [0.2, 0.25) is 10.0 Å². The summed E-state index contributed by atoms with van der Waals surface area (Å²) >= 11 is 1.06. The molecular formula is C12H17NO4S2. The fraction of sp³-hybridized carbons (Fsp3) is 0.417. The molecule has 0 aliphatic carbocycles. The zero-order valence-corrected chi connectivity index (χ0v) is 12.7. The van der Waals surface area contributed by atoms with Gasteiger partial charge in [-0.25, -0.2) is 17.9 Å². The number of sulfonamides is 1. The van der Waals surface area contributed by atoms with Crippen molar-refractivity contribution >= 4 is 27.3 Å². The van der Waals surface area contributed by atoms with Crippen LogP contribution in [0.5, 0.6) is 0 Å². The molecule has 0 saturated heterocycles. The fourth-order valence-electron chi connectivity index (χ4n) is 1.62. The molecule has 0 amide bonds. The van der Waals surface area contributed by atoms with Crippen LogP contribution in [-0.2, 0) is 14.8 Å². The maximum Gasteiger partial charge on any atom is 0.349 e. The van der Waals surface area contributed by atoms with E-state index < -0.39 is 16.0 Å². The number of nitrogens with one attached hydrogen (secondary N) is 1. The molecule has 1 aromatic rings. The molecule has 1 rings (SSSR count). The van der Waals surface area contributed by atoms with Crippen molar-refractivity contribution in [2.24, 2.45) is 0 Å². The molecule has 1 aromatic heterocycles. The van der Waals surface area contributed by atoms with Crippen LogP contribution in [0.3, 0.4) is 0 Å². The number of thiophene rings is 1. The van der Waals surface area contributed by atoms with Crippen LogP contribution < -0.4 is 4.72 Å². The summed E-state index contributed by atoms with van der Waals surface area (Å²) < 4.78 is 31.7. The number of aryl methyl sites for hydroxylation is 1. The Morgan fingerprint density at radius 2 is 2.26 bits per heavy atom. The second-order valence-electron chi connectivity index (χ2n) is 4.12. The quantitative estimate of drug-likeness (QED) is 0.645. The maximum absolute atomic E-state index is 12.3. The molecule has 5 nitrogen and oxygen atoms in total. The molecule has 19 heavy (non-hydrogen) atoms. The van der Waals surface area contributed by atoms with Crippen LogP contribution in [0, 0.1) is 6.92 Å². The third kappa shape index (κ3) is 3.65. The summed E-state index contributed by atoms with van der Waals surface area (Å²) in [7, 11) is -2.52. The lowest BCUT2D eigenvalue weighted by molar-refractivity contribution is 0.0602. The minimum absolute atomic E-state index is 0.000243. The SMILES string of the molecule is C=CCC(C)NS(=O)(=O)c1c(C)csc1C(=O)OC. The van der Waals surface area contributed by atoms with Crippen LogP contribution in [-0.4, -0.2) is 27.5 Å². The van der Waals surface area contributed by atoms with Gasteiger partial charge in [0.25, 0.3) is 0 Å². The predicted octanol–water partition coefficient (Wildman–Crippen LogP) is 2.09. The van der Waals surface area contributed by atoms with Crippen LogP contribution in [0.15, 0.2) is 22.9 Å². The summed E-state index contributed by atoms with van der Waals surface area (Å²) in [4.78, 5) is 11.7. The Bertz CT molecular complexity index is 575. The zero-order valence-electron chi connectivity index (χ0n) is 11.1. The Kier molecular flexibility index (Phi) is 5.28. The highest BCUT2D eigenvalue weighted by Gasteiger charge is 2.28. The Labute approximate surface area is 117 Å². The number of methoxy groups -OCH3 is 1. The lowest BCUT2D eigenvalue weighted by Crippen LogP contribution is -2.33. The summed E-state index contributed by atoms with van der Waals surface area (Å²) in [6.45, 7) is 6.95. The van der Waals surface area contributed by atoms with E-state index in [1.807, 2.05) is 0 Å². The topological polar surface area (TPSA) is 72.5 Å². The van der Waals surface area contributed by atoms with E-state index in [0.717, 1.165) is 11.3 Å². The van der Waals surface area contributed by atoms with Gasteiger partial charge >= 0.3 is 5.97 Å². The van der Waals surface area contributed by atoms with Gasteiger partial charge in [0.1, 0.15) is 9.77 Å². The number of rotatable bonds is 6. The number of ether oxygens (including phenoxy) is 1. The molecular weight excluding hydrogens is 286 g/mol. The van der Waals surface area contributed by atoms with Crippen LogP contribution in [0.2, 0.25) is 0 Å². The lowest BCUT2D eigenvalue weighted by Gasteiger charge is -2.13. The van der Waals surface area contributed by atoms with Crippen molar-refractivity contribution < 1.29 is 17.9 Å². The molecule has 1 atom stereocenters. The van der Waals surface area contributed by atoms with Crippen molar-refractivity contribution in [3.05, 3.63) is 28.5 Å². The first-order valence-corrected chi connectivity index (χ1v) is 7.99. The van der Waals surface area contributed by atoms with Gasteiger partial charge in [-0.1, -0.05) is 6.08 Å². The van der Waals surface area contributed by atoms with E-state index in [1.165, 1.54) is 7.11 Å². The van der Waals surface area contributed by atoms with Gasteiger partial charge in [-0.05, 0) is 31.2 Å². The van der Waals surface area contributed by atoms with E-state index in [-0.39, 0.29) is 15.8 Å². The van der Waals surface area contributed by atoms with Gasteiger partial charge in [0.15, 0.2) is 0 Å². The van der Waals surface area contributed by atoms with Gasteiger partial charge < -0.3 is 4.74 Å². The molecule has 106 valence electrons. The van der Waals surface area contributed by atoms with Crippen molar-refractivity contribution in [1.29, 1.82) is 0 Å². The van der Waals surface area contributed by atoms with Gasteiger partial charge in [0, 0.05) is 6.04 Å². The van der Waals surface area contributed by atoms with E-state index in [4.69, 9.17) is 0 Å². The molecule has 0 aliphatic rings. The molecule has 0 bridgehead atoms. The van der Waals surface area contributed by atoms with Gasteiger partial charge in [-0.2, -0.15) is 0 Å². The van der Waals surface area contributed by atoms with Crippen LogP contribution >= 0.6 is 11.3 Å². The first-order chi connectivity index (χ1) is 8.83. The molecule has 1 heterocycles. The third-order valence-corrected chi connectivity index (χ3v) is 5.42. The first kappa shape index (κ1) is 15.9. The zero-order chi connectivity index (χ0) is 14.6. The normalized spacial score (nSPS) is 13.0. The van der Waals surface area contributed by atoms with Gasteiger partial charge in [-0.15, -0.1) is 17.9 Å².